The lowest BCUT2D eigenvalue weighted by atomic mass is 9.89. The van der Waals surface area contributed by atoms with Gasteiger partial charge in [0.15, 0.2) is 0 Å². The van der Waals surface area contributed by atoms with Gasteiger partial charge in [-0.1, -0.05) is 71.4 Å². The third kappa shape index (κ3) is 9.98. The average molecular weight is 633 g/mol. The van der Waals surface area contributed by atoms with E-state index in [0.717, 1.165) is 18.4 Å². The van der Waals surface area contributed by atoms with E-state index in [2.05, 4.69) is 5.32 Å². The monoisotopic (exact) mass is 632 g/mol. The molecule has 0 saturated carbocycles. The standard InChI is InChI=1S/C34H56N4O7/c1-10-22(4)30(37(6)33(41)29(35)21(2)3)27(43-7)20-28(39)38-18-14-17-26(38)31(44-8)23(5)32(40)36-25(34(42)45-9)19-24-15-12-11-13-16-24/h11-13,15-16,21-23,25-27,29-31H,10,14,17-20,35H2,1-9H3,(H,36,40)/t22-,23+,25?,26?,27+,29?,30-,31+/m0/s1. The van der Waals surface area contributed by atoms with Crippen LogP contribution in [0.3, 0.4) is 0 Å². The SMILES string of the molecule is CC[C@H](C)[C@@H]([C@@H](CC(=O)N1CCCC1[C@H](OC)[C@@H](C)C(=O)NC(Cc1ccccc1)C(=O)OC)OC)N(C)C(=O)C(N)C(C)C. The van der Waals surface area contributed by atoms with Crippen molar-refractivity contribution in [3.63, 3.8) is 0 Å². The van der Waals surface area contributed by atoms with Crippen LogP contribution in [-0.2, 0) is 39.8 Å². The molecule has 0 aromatic heterocycles. The molecule has 2 rings (SSSR count). The summed E-state index contributed by atoms with van der Waals surface area (Å²) in [6, 6.07) is 7.18. The minimum absolute atomic E-state index is 0.0306. The van der Waals surface area contributed by atoms with Crippen molar-refractivity contribution in [3.8, 4) is 0 Å². The Hall–Kier alpha value is -3.02. The molecule has 11 heteroatoms. The normalized spacial score (nSPS) is 19.6. The molecule has 8 atom stereocenters. The van der Waals surface area contributed by atoms with Gasteiger partial charge < -0.3 is 35.1 Å². The van der Waals surface area contributed by atoms with Crippen LogP contribution in [0, 0.1) is 17.8 Å². The number of esters is 1. The molecular weight excluding hydrogens is 576 g/mol. The predicted octanol–water partition coefficient (Wildman–Crippen LogP) is 2.79. The first kappa shape index (κ1) is 38.2. The number of likely N-dealkylation sites (tertiary alicyclic amines) is 1. The zero-order valence-corrected chi connectivity index (χ0v) is 28.7. The smallest absolute Gasteiger partial charge is 0.328 e. The van der Waals surface area contributed by atoms with Crippen LogP contribution < -0.4 is 11.1 Å². The Morgan fingerprint density at radius 3 is 2.22 bits per heavy atom. The number of benzene rings is 1. The molecular formula is C34H56N4O7. The van der Waals surface area contributed by atoms with Gasteiger partial charge in [0, 0.05) is 34.2 Å². The van der Waals surface area contributed by atoms with Crippen LogP contribution in [-0.4, -0.2) is 105 Å². The molecule has 0 aliphatic carbocycles. The van der Waals surface area contributed by atoms with E-state index in [1.807, 2.05) is 58.0 Å². The minimum Gasteiger partial charge on any atom is -0.467 e. The first-order chi connectivity index (χ1) is 21.3. The Labute approximate surface area is 269 Å². The van der Waals surface area contributed by atoms with Crippen molar-refractivity contribution in [3.05, 3.63) is 35.9 Å². The van der Waals surface area contributed by atoms with Crippen LogP contribution in [0.2, 0.25) is 0 Å². The van der Waals surface area contributed by atoms with Gasteiger partial charge >= 0.3 is 5.97 Å². The van der Waals surface area contributed by atoms with Gasteiger partial charge in [0.1, 0.15) is 6.04 Å². The summed E-state index contributed by atoms with van der Waals surface area (Å²) in [7, 11) is 6.12. The summed E-state index contributed by atoms with van der Waals surface area (Å²) in [5.41, 5.74) is 7.10. The maximum atomic E-state index is 13.9. The Balaban J connectivity index is 2.22. The molecule has 3 unspecified atom stereocenters. The molecule has 254 valence electrons. The minimum atomic E-state index is -0.866. The molecule has 1 aliphatic heterocycles. The Morgan fingerprint density at radius 2 is 1.69 bits per heavy atom. The number of rotatable bonds is 17. The third-order valence-corrected chi connectivity index (χ3v) is 9.35. The first-order valence-electron chi connectivity index (χ1n) is 16.1. The molecule has 1 heterocycles. The van der Waals surface area contributed by atoms with E-state index >= 15 is 0 Å². The number of hydrogen-bond acceptors (Lipinski definition) is 8. The summed E-state index contributed by atoms with van der Waals surface area (Å²) < 4.78 is 16.7. The van der Waals surface area contributed by atoms with Gasteiger partial charge in [-0.3, -0.25) is 14.4 Å². The Bertz CT molecular complexity index is 1100. The van der Waals surface area contributed by atoms with Crippen LogP contribution in [0.5, 0.6) is 0 Å². The highest BCUT2D eigenvalue weighted by Crippen LogP contribution is 2.29. The van der Waals surface area contributed by atoms with Crippen molar-refractivity contribution in [2.75, 3.05) is 34.9 Å². The molecule has 11 nitrogen and oxygen atoms in total. The van der Waals surface area contributed by atoms with Crippen molar-refractivity contribution in [2.24, 2.45) is 23.5 Å². The van der Waals surface area contributed by atoms with E-state index in [9.17, 15) is 19.2 Å². The Morgan fingerprint density at radius 1 is 1.04 bits per heavy atom. The van der Waals surface area contributed by atoms with Gasteiger partial charge in [-0.15, -0.1) is 0 Å². The van der Waals surface area contributed by atoms with Crippen LogP contribution >= 0.6 is 0 Å². The highest BCUT2D eigenvalue weighted by molar-refractivity contribution is 5.86. The van der Waals surface area contributed by atoms with Crippen molar-refractivity contribution < 1.29 is 33.4 Å². The molecule has 0 radical (unpaired) electrons. The number of carbonyl (C=O) groups excluding carboxylic acids is 4. The number of likely N-dealkylation sites (N-methyl/N-ethyl adjacent to an activating group) is 1. The van der Waals surface area contributed by atoms with Crippen molar-refractivity contribution in [1.29, 1.82) is 0 Å². The summed E-state index contributed by atoms with van der Waals surface area (Å²) in [4.78, 5) is 56.6. The van der Waals surface area contributed by atoms with Crippen molar-refractivity contribution >= 4 is 23.7 Å². The van der Waals surface area contributed by atoms with E-state index in [1.54, 1.807) is 30.9 Å². The van der Waals surface area contributed by atoms with E-state index in [4.69, 9.17) is 19.9 Å². The van der Waals surface area contributed by atoms with Crippen molar-refractivity contribution in [1.82, 2.24) is 15.1 Å². The first-order valence-corrected chi connectivity index (χ1v) is 16.1. The largest absolute Gasteiger partial charge is 0.467 e. The van der Waals surface area contributed by atoms with E-state index < -0.39 is 36.2 Å². The third-order valence-electron chi connectivity index (χ3n) is 9.35. The van der Waals surface area contributed by atoms with E-state index in [1.165, 1.54) is 14.2 Å². The topological polar surface area (TPSA) is 141 Å². The van der Waals surface area contributed by atoms with Gasteiger partial charge in [0.05, 0.1) is 49.8 Å². The molecule has 1 fully saturated rings. The van der Waals surface area contributed by atoms with Gasteiger partial charge in [0.2, 0.25) is 17.7 Å². The molecule has 1 saturated heterocycles. The molecule has 0 bridgehead atoms. The molecule has 1 aliphatic rings. The fourth-order valence-corrected chi connectivity index (χ4v) is 6.31. The van der Waals surface area contributed by atoms with Gasteiger partial charge in [-0.2, -0.15) is 0 Å². The maximum Gasteiger partial charge on any atom is 0.328 e. The van der Waals surface area contributed by atoms with E-state index in [0.29, 0.717) is 13.0 Å². The van der Waals surface area contributed by atoms with Gasteiger partial charge in [0.25, 0.3) is 0 Å². The fourth-order valence-electron chi connectivity index (χ4n) is 6.31. The molecule has 1 aromatic carbocycles. The number of nitrogens with one attached hydrogen (secondary N) is 1. The Kier molecular flexibility index (Phi) is 15.4. The van der Waals surface area contributed by atoms with Gasteiger partial charge in [-0.25, -0.2) is 4.79 Å². The number of hydrogen-bond donors (Lipinski definition) is 2. The highest BCUT2D eigenvalue weighted by Gasteiger charge is 2.42. The number of methoxy groups -OCH3 is 3. The second-order valence-electron chi connectivity index (χ2n) is 12.6. The lowest BCUT2D eigenvalue weighted by Crippen LogP contribution is -2.56. The highest BCUT2D eigenvalue weighted by atomic mass is 16.5. The predicted molar refractivity (Wildman–Crippen MR) is 173 cm³/mol. The van der Waals surface area contributed by atoms with Crippen molar-refractivity contribution in [2.45, 2.75) is 103 Å². The zero-order chi connectivity index (χ0) is 33.8. The molecule has 45 heavy (non-hydrogen) atoms. The zero-order valence-electron chi connectivity index (χ0n) is 28.7. The number of carbonyl (C=O) groups is 4. The summed E-state index contributed by atoms with van der Waals surface area (Å²) in [6.45, 7) is 10.2. The number of nitrogens with zero attached hydrogens (tertiary/aromatic N) is 2. The quantitative estimate of drug-likeness (QED) is 0.250. The van der Waals surface area contributed by atoms with E-state index in [-0.39, 0.29) is 54.5 Å². The van der Waals surface area contributed by atoms with Crippen LogP contribution in [0.25, 0.3) is 0 Å². The second-order valence-corrected chi connectivity index (χ2v) is 12.6. The fraction of sp³-hybridized carbons (Fsp3) is 0.706. The molecule has 3 N–H and O–H groups in total. The molecule has 0 spiro atoms. The van der Waals surface area contributed by atoms with Crippen LogP contribution in [0.4, 0.5) is 0 Å². The average Bonchev–Trinajstić information content (AvgIpc) is 3.52. The lowest BCUT2D eigenvalue weighted by Gasteiger charge is -2.40. The molecule has 1 aromatic rings. The second kappa shape index (κ2) is 18.2. The van der Waals surface area contributed by atoms with Gasteiger partial charge in [-0.05, 0) is 30.2 Å². The summed E-state index contributed by atoms with van der Waals surface area (Å²) >= 11 is 0. The lowest BCUT2D eigenvalue weighted by molar-refractivity contribution is -0.148. The number of nitrogens with two attached hydrogens (primary N) is 1. The summed E-state index contributed by atoms with van der Waals surface area (Å²) in [5.74, 6) is -1.84. The number of amides is 3. The van der Waals surface area contributed by atoms with Crippen LogP contribution in [0.1, 0.15) is 65.9 Å². The van der Waals surface area contributed by atoms with Crippen LogP contribution in [0.15, 0.2) is 30.3 Å². The number of ether oxygens (including phenoxy) is 3. The summed E-state index contributed by atoms with van der Waals surface area (Å²) in [5, 5.41) is 2.85. The molecule has 3 amide bonds. The maximum absolute atomic E-state index is 13.9. The summed E-state index contributed by atoms with van der Waals surface area (Å²) in [6.07, 6.45) is 1.40.